The van der Waals surface area contributed by atoms with Crippen LogP contribution >= 0.6 is 23.3 Å². The number of carbonyl (C=O) groups is 1. The number of hydrogen-bond acceptors (Lipinski definition) is 5. The molecular formula is C14H16N2O2S2. The van der Waals surface area contributed by atoms with E-state index >= 15 is 0 Å². The molecule has 6 heteroatoms. The summed E-state index contributed by atoms with van der Waals surface area (Å²) < 4.78 is 4.98. The third kappa shape index (κ3) is 4.31. The SMILES string of the molecule is CCCc1nsc(SC(Cc2ccccc2)C(=O)O)n1. The highest BCUT2D eigenvalue weighted by atomic mass is 32.2. The number of thioether (sulfide) groups is 1. The van der Waals surface area contributed by atoms with Crippen molar-refractivity contribution in [2.45, 2.75) is 35.8 Å². The summed E-state index contributed by atoms with van der Waals surface area (Å²) in [7, 11) is 0. The molecule has 1 unspecified atom stereocenters. The maximum atomic E-state index is 11.4. The lowest BCUT2D eigenvalue weighted by molar-refractivity contribution is -0.136. The molecule has 0 fully saturated rings. The first-order valence-electron chi connectivity index (χ1n) is 6.45. The highest BCUT2D eigenvalue weighted by Gasteiger charge is 2.21. The van der Waals surface area contributed by atoms with Gasteiger partial charge in [-0.1, -0.05) is 49.0 Å². The minimum atomic E-state index is -0.814. The zero-order valence-corrected chi connectivity index (χ0v) is 12.8. The Hall–Kier alpha value is -1.40. The number of aliphatic carboxylic acids is 1. The molecule has 20 heavy (non-hydrogen) atoms. The Morgan fingerprint density at radius 1 is 1.40 bits per heavy atom. The lowest BCUT2D eigenvalue weighted by Crippen LogP contribution is -2.19. The van der Waals surface area contributed by atoms with Crippen LogP contribution in [-0.4, -0.2) is 25.7 Å². The van der Waals surface area contributed by atoms with Gasteiger partial charge in [0.1, 0.15) is 11.1 Å². The van der Waals surface area contributed by atoms with E-state index in [1.54, 1.807) is 0 Å². The molecule has 2 rings (SSSR count). The van der Waals surface area contributed by atoms with Crippen LogP contribution in [0.4, 0.5) is 0 Å². The fraction of sp³-hybridized carbons (Fsp3) is 0.357. The zero-order valence-electron chi connectivity index (χ0n) is 11.2. The Labute approximate surface area is 126 Å². The average Bonchev–Trinajstić information content (AvgIpc) is 2.87. The van der Waals surface area contributed by atoms with Crippen molar-refractivity contribution >= 4 is 29.3 Å². The molecule has 0 radical (unpaired) electrons. The molecule has 0 aliphatic heterocycles. The van der Waals surface area contributed by atoms with Gasteiger partial charge in [-0.2, -0.15) is 4.37 Å². The first-order valence-corrected chi connectivity index (χ1v) is 8.10. The van der Waals surface area contributed by atoms with E-state index in [9.17, 15) is 9.90 Å². The smallest absolute Gasteiger partial charge is 0.317 e. The van der Waals surface area contributed by atoms with Crippen LogP contribution in [0.2, 0.25) is 0 Å². The Kier molecular flexibility index (Phi) is 5.55. The van der Waals surface area contributed by atoms with Gasteiger partial charge in [0.15, 0.2) is 4.34 Å². The van der Waals surface area contributed by atoms with E-state index in [0.29, 0.717) is 6.42 Å². The highest BCUT2D eigenvalue weighted by Crippen LogP contribution is 2.27. The second-order valence-electron chi connectivity index (χ2n) is 4.36. The van der Waals surface area contributed by atoms with E-state index in [1.165, 1.54) is 23.3 Å². The van der Waals surface area contributed by atoms with Crippen LogP contribution in [0.25, 0.3) is 0 Å². The van der Waals surface area contributed by atoms with Crippen LogP contribution in [-0.2, 0) is 17.6 Å². The Bertz CT molecular complexity index is 557. The van der Waals surface area contributed by atoms with Crippen LogP contribution in [0.15, 0.2) is 34.7 Å². The minimum Gasteiger partial charge on any atom is -0.480 e. The monoisotopic (exact) mass is 308 g/mol. The number of rotatable bonds is 7. The van der Waals surface area contributed by atoms with E-state index in [-0.39, 0.29) is 0 Å². The molecule has 0 saturated heterocycles. The predicted octanol–water partition coefficient (Wildman–Crippen LogP) is 3.28. The van der Waals surface area contributed by atoms with Crippen molar-refractivity contribution in [1.82, 2.24) is 9.36 Å². The quantitative estimate of drug-likeness (QED) is 0.795. The molecule has 1 aromatic heterocycles. The van der Waals surface area contributed by atoms with Gasteiger partial charge in [-0.15, -0.1) is 0 Å². The number of benzene rings is 1. The average molecular weight is 308 g/mol. The Morgan fingerprint density at radius 3 is 2.80 bits per heavy atom. The van der Waals surface area contributed by atoms with Crippen LogP contribution in [0.5, 0.6) is 0 Å². The van der Waals surface area contributed by atoms with Gasteiger partial charge in [-0.3, -0.25) is 4.79 Å². The molecule has 106 valence electrons. The van der Waals surface area contributed by atoms with Gasteiger partial charge in [0.25, 0.3) is 0 Å². The second-order valence-corrected chi connectivity index (χ2v) is 6.56. The van der Waals surface area contributed by atoms with E-state index in [1.807, 2.05) is 30.3 Å². The largest absolute Gasteiger partial charge is 0.480 e. The Balaban J connectivity index is 2.03. The summed E-state index contributed by atoms with van der Waals surface area (Å²) in [6.45, 7) is 2.07. The normalized spacial score (nSPS) is 12.2. The fourth-order valence-electron chi connectivity index (χ4n) is 1.74. The fourth-order valence-corrected chi connectivity index (χ4v) is 3.61. The maximum absolute atomic E-state index is 11.4. The number of aryl methyl sites for hydroxylation is 1. The van der Waals surface area contributed by atoms with E-state index < -0.39 is 11.2 Å². The highest BCUT2D eigenvalue weighted by molar-refractivity contribution is 8.02. The molecule has 0 spiro atoms. The Morgan fingerprint density at radius 2 is 2.15 bits per heavy atom. The summed E-state index contributed by atoms with van der Waals surface area (Å²) in [4.78, 5) is 15.7. The first-order chi connectivity index (χ1) is 9.69. The van der Waals surface area contributed by atoms with E-state index in [4.69, 9.17) is 0 Å². The van der Waals surface area contributed by atoms with Gasteiger partial charge in [0, 0.05) is 6.42 Å². The summed E-state index contributed by atoms with van der Waals surface area (Å²) in [5.41, 5.74) is 1.02. The van der Waals surface area contributed by atoms with Crippen molar-refractivity contribution in [3.8, 4) is 0 Å². The van der Waals surface area contributed by atoms with Gasteiger partial charge >= 0.3 is 5.97 Å². The second kappa shape index (κ2) is 7.40. The molecule has 0 amide bonds. The molecule has 2 aromatic rings. The zero-order chi connectivity index (χ0) is 14.4. The van der Waals surface area contributed by atoms with Crippen LogP contribution < -0.4 is 0 Å². The summed E-state index contributed by atoms with van der Waals surface area (Å²) in [5, 5.41) is 8.81. The van der Waals surface area contributed by atoms with Gasteiger partial charge in [0.2, 0.25) is 0 Å². The first kappa shape index (κ1) is 15.0. The summed E-state index contributed by atoms with van der Waals surface area (Å²) in [6.07, 6.45) is 2.32. The van der Waals surface area contributed by atoms with E-state index in [0.717, 1.165) is 28.6 Å². The number of hydrogen-bond donors (Lipinski definition) is 1. The van der Waals surface area contributed by atoms with Gasteiger partial charge < -0.3 is 5.11 Å². The molecule has 0 aliphatic carbocycles. The summed E-state index contributed by atoms with van der Waals surface area (Å²) in [5.74, 6) is -0.00468. The molecular weight excluding hydrogens is 292 g/mol. The summed E-state index contributed by atoms with van der Waals surface area (Å²) >= 11 is 2.57. The number of aromatic nitrogens is 2. The van der Waals surface area contributed by atoms with Crippen molar-refractivity contribution in [2.24, 2.45) is 0 Å². The maximum Gasteiger partial charge on any atom is 0.317 e. The predicted molar refractivity (Wildman–Crippen MR) is 81.3 cm³/mol. The van der Waals surface area contributed by atoms with Gasteiger partial charge in [-0.25, -0.2) is 4.98 Å². The number of carboxylic acid groups (broad SMARTS) is 1. The van der Waals surface area contributed by atoms with Gasteiger partial charge in [-0.05, 0) is 29.9 Å². The molecule has 1 heterocycles. The molecule has 0 saturated carbocycles. The van der Waals surface area contributed by atoms with Crippen LogP contribution in [0, 0.1) is 0 Å². The molecule has 1 N–H and O–H groups in total. The molecule has 1 atom stereocenters. The van der Waals surface area contributed by atoms with Crippen molar-refractivity contribution in [2.75, 3.05) is 0 Å². The molecule has 1 aromatic carbocycles. The molecule has 0 aliphatic rings. The topological polar surface area (TPSA) is 63.1 Å². The lowest BCUT2D eigenvalue weighted by Gasteiger charge is -2.09. The lowest BCUT2D eigenvalue weighted by atomic mass is 10.1. The van der Waals surface area contributed by atoms with E-state index in [2.05, 4.69) is 16.3 Å². The van der Waals surface area contributed by atoms with Crippen LogP contribution in [0.1, 0.15) is 24.7 Å². The van der Waals surface area contributed by atoms with Crippen LogP contribution in [0.3, 0.4) is 0 Å². The van der Waals surface area contributed by atoms with Crippen molar-refractivity contribution in [1.29, 1.82) is 0 Å². The number of nitrogens with zero attached hydrogens (tertiary/aromatic N) is 2. The third-order valence-corrected chi connectivity index (χ3v) is 4.71. The van der Waals surface area contributed by atoms with Crippen molar-refractivity contribution in [3.63, 3.8) is 0 Å². The standard InChI is InChI=1S/C14H16N2O2S2/c1-2-6-12-15-14(20-16-12)19-11(13(17)18)9-10-7-4-3-5-8-10/h3-5,7-8,11H,2,6,9H2,1H3,(H,17,18). The molecule has 0 bridgehead atoms. The summed E-state index contributed by atoms with van der Waals surface area (Å²) in [6, 6.07) is 9.65. The van der Waals surface area contributed by atoms with Crippen molar-refractivity contribution in [3.05, 3.63) is 41.7 Å². The number of carboxylic acids is 1. The van der Waals surface area contributed by atoms with Crippen molar-refractivity contribution < 1.29 is 9.90 Å². The molecule has 4 nitrogen and oxygen atoms in total. The van der Waals surface area contributed by atoms with Gasteiger partial charge in [0.05, 0.1) is 0 Å². The minimum absolute atomic E-state index is 0.490. The third-order valence-electron chi connectivity index (χ3n) is 2.71.